The number of carbonyl (C=O) groups excluding carboxylic acids is 2. The molecular weight excluding hydrogens is 204 g/mol. The van der Waals surface area contributed by atoms with Gasteiger partial charge >= 0.3 is 0 Å². The lowest BCUT2D eigenvalue weighted by Gasteiger charge is -1.99. The summed E-state index contributed by atoms with van der Waals surface area (Å²) >= 11 is 0. The number of nitrogens with zero attached hydrogens (tertiary/aromatic N) is 2. The maximum atomic E-state index is 11.7. The minimum absolute atomic E-state index is 0.296. The molecule has 0 aliphatic rings. The molecule has 0 radical (unpaired) electrons. The number of Topliss-reactive ketones (excluding diaryl/α,β-unsaturated/α-hetero) is 2. The van der Waals surface area contributed by atoms with Crippen molar-refractivity contribution in [2.45, 2.75) is 0 Å². The van der Waals surface area contributed by atoms with E-state index in [1.54, 1.807) is 18.3 Å². The molecule has 0 spiro atoms. The summed E-state index contributed by atoms with van der Waals surface area (Å²) < 4.78 is 0. The van der Waals surface area contributed by atoms with Crippen LogP contribution in [0.2, 0.25) is 0 Å². The summed E-state index contributed by atoms with van der Waals surface area (Å²) in [6, 6.07) is 6.20. The largest absolute Gasteiger partial charge is 0.285 e. The number of aromatic nitrogens is 2. The zero-order chi connectivity index (χ0) is 11.4. The molecule has 0 fully saturated rings. The SMILES string of the molecule is O=C(C(=O)c1cccnc1)c1ccncc1. The number of ketones is 2. The Labute approximate surface area is 92.0 Å². The zero-order valence-electron chi connectivity index (χ0n) is 8.33. The molecule has 0 N–H and O–H groups in total. The molecule has 0 saturated heterocycles. The molecule has 0 aliphatic carbocycles. The average molecular weight is 212 g/mol. The molecule has 2 heterocycles. The van der Waals surface area contributed by atoms with Gasteiger partial charge in [0.1, 0.15) is 0 Å². The van der Waals surface area contributed by atoms with Crippen molar-refractivity contribution in [1.29, 1.82) is 0 Å². The minimum atomic E-state index is -0.556. The van der Waals surface area contributed by atoms with Crippen LogP contribution in [0.1, 0.15) is 20.7 Å². The molecule has 0 saturated carbocycles. The summed E-state index contributed by atoms with van der Waals surface area (Å²) in [5, 5.41) is 0. The highest BCUT2D eigenvalue weighted by molar-refractivity contribution is 6.49. The lowest BCUT2D eigenvalue weighted by atomic mass is 10.0. The summed E-state index contributed by atoms with van der Waals surface area (Å²) in [6.07, 6.45) is 5.88. The van der Waals surface area contributed by atoms with Crippen molar-refractivity contribution in [1.82, 2.24) is 9.97 Å². The topological polar surface area (TPSA) is 59.9 Å². The maximum absolute atomic E-state index is 11.7. The number of hydrogen-bond acceptors (Lipinski definition) is 4. The van der Waals surface area contributed by atoms with E-state index in [0.717, 1.165) is 0 Å². The predicted molar refractivity (Wildman–Crippen MR) is 57.1 cm³/mol. The zero-order valence-corrected chi connectivity index (χ0v) is 8.33. The van der Waals surface area contributed by atoms with Gasteiger partial charge in [-0.1, -0.05) is 0 Å². The Morgan fingerprint density at radius 1 is 0.812 bits per heavy atom. The van der Waals surface area contributed by atoms with Gasteiger partial charge in [0.15, 0.2) is 0 Å². The van der Waals surface area contributed by atoms with Gasteiger partial charge in [-0.05, 0) is 24.3 Å². The second-order valence-electron chi connectivity index (χ2n) is 3.14. The Morgan fingerprint density at radius 3 is 2.12 bits per heavy atom. The van der Waals surface area contributed by atoms with Gasteiger partial charge in [-0.2, -0.15) is 0 Å². The second-order valence-corrected chi connectivity index (χ2v) is 3.14. The third-order valence-corrected chi connectivity index (χ3v) is 2.07. The molecular formula is C12H8N2O2. The van der Waals surface area contributed by atoms with Crippen molar-refractivity contribution in [3.8, 4) is 0 Å². The number of pyridine rings is 2. The Bertz CT molecular complexity index is 460. The van der Waals surface area contributed by atoms with Crippen molar-refractivity contribution >= 4 is 11.6 Å². The van der Waals surface area contributed by atoms with E-state index >= 15 is 0 Å². The van der Waals surface area contributed by atoms with E-state index in [0.29, 0.717) is 11.1 Å². The van der Waals surface area contributed by atoms with Crippen LogP contribution in [0.25, 0.3) is 0 Å². The first-order chi connectivity index (χ1) is 7.79. The van der Waals surface area contributed by atoms with E-state index in [2.05, 4.69) is 9.97 Å². The normalized spacial score (nSPS) is 9.75. The second kappa shape index (κ2) is 4.44. The first kappa shape index (κ1) is 10.2. The molecule has 16 heavy (non-hydrogen) atoms. The molecule has 4 nitrogen and oxygen atoms in total. The molecule has 2 rings (SSSR count). The summed E-state index contributed by atoms with van der Waals surface area (Å²) in [6.45, 7) is 0. The summed E-state index contributed by atoms with van der Waals surface area (Å²) in [4.78, 5) is 31.1. The molecule has 2 aromatic heterocycles. The van der Waals surface area contributed by atoms with Crippen LogP contribution < -0.4 is 0 Å². The first-order valence-electron chi connectivity index (χ1n) is 4.68. The predicted octanol–water partition coefficient (Wildman–Crippen LogP) is 1.54. The van der Waals surface area contributed by atoms with Crippen molar-refractivity contribution in [2.24, 2.45) is 0 Å². The van der Waals surface area contributed by atoms with Gasteiger partial charge in [0, 0.05) is 35.9 Å². The minimum Gasteiger partial charge on any atom is -0.285 e. The van der Waals surface area contributed by atoms with Crippen LogP contribution in [-0.2, 0) is 0 Å². The lowest BCUT2D eigenvalue weighted by Crippen LogP contribution is -2.14. The van der Waals surface area contributed by atoms with E-state index < -0.39 is 11.6 Å². The van der Waals surface area contributed by atoms with Crippen LogP contribution in [0.3, 0.4) is 0 Å². The van der Waals surface area contributed by atoms with Crippen LogP contribution in [-0.4, -0.2) is 21.5 Å². The van der Waals surface area contributed by atoms with Gasteiger partial charge in [0.2, 0.25) is 11.6 Å². The quantitative estimate of drug-likeness (QED) is 0.572. The van der Waals surface area contributed by atoms with Crippen molar-refractivity contribution in [3.63, 3.8) is 0 Å². The molecule has 0 aliphatic heterocycles. The Morgan fingerprint density at radius 2 is 1.50 bits per heavy atom. The molecule has 2 aromatic rings. The molecule has 0 atom stereocenters. The first-order valence-corrected chi connectivity index (χ1v) is 4.68. The Hall–Kier alpha value is -2.36. The highest BCUT2D eigenvalue weighted by atomic mass is 16.2. The summed E-state index contributed by atoms with van der Waals surface area (Å²) in [5.74, 6) is -1.10. The number of hydrogen-bond donors (Lipinski definition) is 0. The van der Waals surface area contributed by atoms with Crippen LogP contribution in [0.4, 0.5) is 0 Å². The lowest BCUT2D eigenvalue weighted by molar-refractivity contribution is 0.0816. The monoisotopic (exact) mass is 212 g/mol. The smallest absolute Gasteiger partial charge is 0.235 e. The molecule has 78 valence electrons. The van der Waals surface area contributed by atoms with E-state index in [-0.39, 0.29) is 0 Å². The number of rotatable bonds is 3. The van der Waals surface area contributed by atoms with E-state index in [4.69, 9.17) is 0 Å². The van der Waals surface area contributed by atoms with Gasteiger partial charge < -0.3 is 0 Å². The van der Waals surface area contributed by atoms with Crippen LogP contribution in [0.5, 0.6) is 0 Å². The average Bonchev–Trinajstić information content (AvgIpc) is 2.39. The van der Waals surface area contributed by atoms with Gasteiger partial charge in [0.05, 0.1) is 0 Å². The third kappa shape index (κ3) is 2.00. The van der Waals surface area contributed by atoms with Crippen LogP contribution in [0.15, 0.2) is 49.1 Å². The van der Waals surface area contributed by atoms with E-state index in [1.165, 1.54) is 30.7 Å². The van der Waals surface area contributed by atoms with Gasteiger partial charge in [-0.15, -0.1) is 0 Å². The number of carbonyl (C=O) groups is 2. The fourth-order valence-electron chi connectivity index (χ4n) is 1.26. The molecule has 4 heteroatoms. The summed E-state index contributed by atoms with van der Waals surface area (Å²) in [5.41, 5.74) is 0.633. The van der Waals surface area contributed by atoms with Crippen molar-refractivity contribution in [2.75, 3.05) is 0 Å². The Kier molecular flexibility index (Phi) is 2.82. The van der Waals surface area contributed by atoms with Gasteiger partial charge in [-0.25, -0.2) is 0 Å². The molecule has 0 amide bonds. The van der Waals surface area contributed by atoms with Gasteiger partial charge in [0.25, 0.3) is 0 Å². The van der Waals surface area contributed by atoms with E-state index in [1.807, 2.05) is 0 Å². The Balaban J connectivity index is 2.28. The highest BCUT2D eigenvalue weighted by Crippen LogP contribution is 2.05. The standard InChI is InChI=1S/C12H8N2O2/c15-11(9-3-6-13-7-4-9)12(16)10-2-1-5-14-8-10/h1-8H. The molecule has 0 bridgehead atoms. The summed E-state index contributed by atoms with van der Waals surface area (Å²) in [7, 11) is 0. The molecule has 0 unspecified atom stereocenters. The van der Waals surface area contributed by atoms with Crippen LogP contribution in [0, 0.1) is 0 Å². The van der Waals surface area contributed by atoms with Crippen molar-refractivity contribution in [3.05, 3.63) is 60.2 Å². The van der Waals surface area contributed by atoms with E-state index in [9.17, 15) is 9.59 Å². The fraction of sp³-hybridized carbons (Fsp3) is 0. The fourth-order valence-corrected chi connectivity index (χ4v) is 1.26. The maximum Gasteiger partial charge on any atom is 0.235 e. The van der Waals surface area contributed by atoms with Crippen molar-refractivity contribution < 1.29 is 9.59 Å². The van der Waals surface area contributed by atoms with Gasteiger partial charge in [-0.3, -0.25) is 19.6 Å². The molecule has 0 aromatic carbocycles. The highest BCUT2D eigenvalue weighted by Gasteiger charge is 2.17. The van der Waals surface area contributed by atoms with Crippen LogP contribution >= 0.6 is 0 Å². The third-order valence-electron chi connectivity index (χ3n) is 2.07.